The molecule has 2 unspecified atom stereocenters. The molecule has 0 spiro atoms. The fourth-order valence-corrected chi connectivity index (χ4v) is 6.13. The molecular formula is C47H83NO3. The molecule has 0 aromatic carbocycles. The maximum absolute atomic E-state index is 12.3. The first kappa shape index (κ1) is 48.8. The van der Waals surface area contributed by atoms with E-state index in [4.69, 9.17) is 0 Å². The van der Waals surface area contributed by atoms with E-state index in [-0.39, 0.29) is 12.5 Å². The second-order valence-corrected chi connectivity index (χ2v) is 14.4. The third-order valence-corrected chi connectivity index (χ3v) is 9.42. The summed E-state index contributed by atoms with van der Waals surface area (Å²) in [5.41, 5.74) is 0. The predicted molar refractivity (Wildman–Crippen MR) is 225 cm³/mol. The Bertz CT molecular complexity index is 899. The van der Waals surface area contributed by atoms with Gasteiger partial charge in [0.2, 0.25) is 5.91 Å². The monoisotopic (exact) mass is 710 g/mol. The highest BCUT2D eigenvalue weighted by Crippen LogP contribution is 2.15. The molecule has 0 bridgehead atoms. The molecule has 0 aliphatic carbocycles. The molecule has 0 rings (SSSR count). The van der Waals surface area contributed by atoms with Crippen molar-refractivity contribution in [3.63, 3.8) is 0 Å². The molecule has 0 saturated heterocycles. The Labute approximate surface area is 317 Å². The van der Waals surface area contributed by atoms with Crippen molar-refractivity contribution in [2.75, 3.05) is 6.61 Å². The van der Waals surface area contributed by atoms with E-state index in [1.807, 2.05) is 6.08 Å². The minimum Gasteiger partial charge on any atom is -0.394 e. The molecule has 0 saturated carbocycles. The molecule has 0 aliphatic heterocycles. The Balaban J connectivity index is 3.66. The molecule has 51 heavy (non-hydrogen) atoms. The largest absolute Gasteiger partial charge is 0.394 e. The highest BCUT2D eigenvalue weighted by molar-refractivity contribution is 5.76. The summed E-state index contributed by atoms with van der Waals surface area (Å²) in [7, 11) is 0. The quantitative estimate of drug-likeness (QED) is 0.0441. The van der Waals surface area contributed by atoms with Gasteiger partial charge in [0.1, 0.15) is 0 Å². The standard InChI is InChI=1S/C47H83NO3/c1-3-5-7-9-11-13-15-17-19-20-21-22-23-24-25-26-27-29-30-32-34-36-38-40-42-46(50)45(44-49)48-47(51)43-41-39-37-35-33-31-28-18-16-14-12-10-8-6-4-2/h6,8,12,14,18,28,32-35,40,42,45-46,49-50H,3-5,7,9-11,13,15-17,19-27,29-31,36-39,41,43-44H2,1-2H3,(H,48,51)/b8-6-,14-12-,28-18-,34-32+,35-33-,42-40+. The van der Waals surface area contributed by atoms with Gasteiger partial charge in [0.25, 0.3) is 0 Å². The van der Waals surface area contributed by atoms with Gasteiger partial charge in [0.05, 0.1) is 18.8 Å². The summed E-state index contributed by atoms with van der Waals surface area (Å²) in [5.74, 6) is -0.117. The van der Waals surface area contributed by atoms with E-state index in [0.29, 0.717) is 6.42 Å². The third kappa shape index (κ3) is 38.9. The van der Waals surface area contributed by atoms with Crippen molar-refractivity contribution >= 4 is 5.91 Å². The van der Waals surface area contributed by atoms with Crippen molar-refractivity contribution < 1.29 is 15.0 Å². The Morgan fingerprint density at radius 2 is 0.882 bits per heavy atom. The van der Waals surface area contributed by atoms with Gasteiger partial charge in [0.15, 0.2) is 0 Å². The molecule has 0 heterocycles. The van der Waals surface area contributed by atoms with Crippen LogP contribution >= 0.6 is 0 Å². The Morgan fingerprint density at radius 1 is 0.490 bits per heavy atom. The van der Waals surface area contributed by atoms with Crippen LogP contribution in [0.15, 0.2) is 72.9 Å². The molecule has 4 heteroatoms. The number of rotatable bonds is 38. The van der Waals surface area contributed by atoms with Crippen LogP contribution in [0.2, 0.25) is 0 Å². The van der Waals surface area contributed by atoms with E-state index >= 15 is 0 Å². The smallest absolute Gasteiger partial charge is 0.220 e. The summed E-state index contributed by atoms with van der Waals surface area (Å²) in [6, 6.07) is -0.664. The van der Waals surface area contributed by atoms with Crippen LogP contribution in [0.1, 0.15) is 200 Å². The summed E-state index contributed by atoms with van der Waals surface area (Å²) in [6.07, 6.45) is 60.2. The van der Waals surface area contributed by atoms with Gasteiger partial charge in [-0.3, -0.25) is 4.79 Å². The number of carbonyl (C=O) groups is 1. The lowest BCUT2D eigenvalue weighted by molar-refractivity contribution is -0.123. The maximum atomic E-state index is 12.3. The summed E-state index contributed by atoms with van der Waals surface area (Å²) >= 11 is 0. The zero-order valence-corrected chi connectivity index (χ0v) is 33.6. The van der Waals surface area contributed by atoms with Crippen molar-refractivity contribution in [2.45, 2.75) is 212 Å². The normalized spacial score (nSPS) is 13.7. The summed E-state index contributed by atoms with van der Waals surface area (Å²) in [5, 5.41) is 22.9. The average Bonchev–Trinajstić information content (AvgIpc) is 3.13. The van der Waals surface area contributed by atoms with Crippen molar-refractivity contribution in [1.29, 1.82) is 0 Å². The second kappa shape index (κ2) is 42.2. The first-order valence-electron chi connectivity index (χ1n) is 21.7. The highest BCUT2D eigenvalue weighted by Gasteiger charge is 2.17. The Hall–Kier alpha value is -2.17. The van der Waals surface area contributed by atoms with Crippen molar-refractivity contribution in [3.05, 3.63) is 72.9 Å². The van der Waals surface area contributed by atoms with Gasteiger partial charge in [-0.25, -0.2) is 0 Å². The molecule has 0 aliphatic rings. The van der Waals surface area contributed by atoms with Crippen molar-refractivity contribution in [3.8, 4) is 0 Å². The molecule has 0 radical (unpaired) electrons. The number of unbranched alkanes of at least 4 members (excludes halogenated alkanes) is 21. The summed E-state index contributed by atoms with van der Waals surface area (Å²) in [6.45, 7) is 4.16. The number of carbonyl (C=O) groups excluding carboxylic acids is 1. The summed E-state index contributed by atoms with van der Waals surface area (Å²) < 4.78 is 0. The fraction of sp³-hybridized carbons (Fsp3) is 0.723. The van der Waals surface area contributed by atoms with Crippen LogP contribution in [-0.4, -0.2) is 34.9 Å². The molecular weight excluding hydrogens is 627 g/mol. The number of hydrogen-bond acceptors (Lipinski definition) is 3. The zero-order chi connectivity index (χ0) is 37.1. The average molecular weight is 710 g/mol. The zero-order valence-electron chi connectivity index (χ0n) is 33.6. The van der Waals surface area contributed by atoms with Crippen LogP contribution in [0.5, 0.6) is 0 Å². The number of nitrogens with one attached hydrogen (secondary N) is 1. The molecule has 1 amide bonds. The lowest BCUT2D eigenvalue weighted by Crippen LogP contribution is -2.45. The van der Waals surface area contributed by atoms with Crippen LogP contribution in [0.25, 0.3) is 0 Å². The molecule has 294 valence electrons. The van der Waals surface area contributed by atoms with E-state index in [9.17, 15) is 15.0 Å². The number of aliphatic hydroxyl groups is 2. The van der Waals surface area contributed by atoms with Gasteiger partial charge in [-0.05, 0) is 70.6 Å². The van der Waals surface area contributed by atoms with Gasteiger partial charge in [-0.1, -0.05) is 196 Å². The van der Waals surface area contributed by atoms with Gasteiger partial charge < -0.3 is 15.5 Å². The minimum absolute atomic E-state index is 0.117. The molecule has 0 aromatic rings. The first-order chi connectivity index (χ1) is 25.2. The third-order valence-electron chi connectivity index (χ3n) is 9.42. The van der Waals surface area contributed by atoms with Crippen LogP contribution in [-0.2, 0) is 4.79 Å². The van der Waals surface area contributed by atoms with Crippen LogP contribution in [0.4, 0.5) is 0 Å². The Kier molecular flexibility index (Phi) is 40.4. The maximum Gasteiger partial charge on any atom is 0.220 e. The SMILES string of the molecule is CC/C=C\C/C=C\C/C=C\C/C=C\CCCCC(=O)NC(CO)C(O)/C=C/CC/C=C/CCCCCCCCCCCCCCCCCCCC. The fourth-order valence-electron chi connectivity index (χ4n) is 6.13. The number of hydrogen-bond donors (Lipinski definition) is 3. The molecule has 3 N–H and O–H groups in total. The molecule has 0 fully saturated rings. The van der Waals surface area contributed by atoms with Crippen LogP contribution < -0.4 is 5.32 Å². The number of amides is 1. The van der Waals surface area contributed by atoms with Gasteiger partial charge >= 0.3 is 0 Å². The van der Waals surface area contributed by atoms with E-state index in [1.165, 1.54) is 116 Å². The van der Waals surface area contributed by atoms with E-state index < -0.39 is 12.1 Å². The topological polar surface area (TPSA) is 69.6 Å². The van der Waals surface area contributed by atoms with Gasteiger partial charge in [-0.2, -0.15) is 0 Å². The predicted octanol–water partition coefficient (Wildman–Crippen LogP) is 13.5. The number of allylic oxidation sites excluding steroid dienone is 11. The van der Waals surface area contributed by atoms with Crippen molar-refractivity contribution in [1.82, 2.24) is 5.32 Å². The van der Waals surface area contributed by atoms with Crippen LogP contribution in [0.3, 0.4) is 0 Å². The second-order valence-electron chi connectivity index (χ2n) is 14.4. The Morgan fingerprint density at radius 3 is 1.37 bits per heavy atom. The number of aliphatic hydroxyl groups excluding tert-OH is 2. The molecule has 2 atom stereocenters. The lowest BCUT2D eigenvalue weighted by atomic mass is 10.0. The summed E-state index contributed by atoms with van der Waals surface area (Å²) in [4.78, 5) is 12.3. The van der Waals surface area contributed by atoms with E-state index in [2.05, 4.69) is 79.9 Å². The molecule has 0 aromatic heterocycles. The molecule has 4 nitrogen and oxygen atoms in total. The van der Waals surface area contributed by atoms with Gasteiger partial charge in [-0.15, -0.1) is 0 Å². The van der Waals surface area contributed by atoms with Crippen molar-refractivity contribution in [2.24, 2.45) is 0 Å². The first-order valence-corrected chi connectivity index (χ1v) is 21.7. The van der Waals surface area contributed by atoms with Gasteiger partial charge in [0, 0.05) is 6.42 Å². The van der Waals surface area contributed by atoms with E-state index in [1.54, 1.807) is 6.08 Å². The van der Waals surface area contributed by atoms with Crippen LogP contribution in [0, 0.1) is 0 Å². The lowest BCUT2D eigenvalue weighted by Gasteiger charge is -2.19. The highest BCUT2D eigenvalue weighted by atomic mass is 16.3. The minimum atomic E-state index is -0.882. The van der Waals surface area contributed by atoms with E-state index in [0.717, 1.165) is 64.2 Å².